The molecule has 1 rings (SSSR count). The molecule has 0 aliphatic carbocycles. The van der Waals surface area contributed by atoms with Crippen molar-refractivity contribution < 1.29 is 4.74 Å². The highest BCUT2D eigenvalue weighted by Crippen LogP contribution is 2.02. The molecule has 0 saturated carbocycles. The van der Waals surface area contributed by atoms with Crippen molar-refractivity contribution in [2.75, 3.05) is 0 Å². The molecule has 0 aliphatic heterocycles. The molecule has 2 nitrogen and oxygen atoms in total. The smallest absolute Gasteiger partial charge is 0.208 e. The third-order valence-corrected chi connectivity index (χ3v) is 1.92. The predicted molar refractivity (Wildman–Crippen MR) is 68.6 cm³/mol. The fourth-order valence-electron chi connectivity index (χ4n) is 1.26. The lowest BCUT2D eigenvalue weighted by Gasteiger charge is -2.07. The van der Waals surface area contributed by atoms with Gasteiger partial charge in [-0.15, -0.1) is 0 Å². The summed E-state index contributed by atoms with van der Waals surface area (Å²) in [5.74, 6) is 0.696. The van der Waals surface area contributed by atoms with E-state index in [1.54, 1.807) is 0 Å². The van der Waals surface area contributed by atoms with E-state index in [1.165, 1.54) is 0 Å². The van der Waals surface area contributed by atoms with Crippen LogP contribution in [0.25, 0.3) is 0 Å². The van der Waals surface area contributed by atoms with E-state index in [2.05, 4.69) is 4.99 Å². The predicted octanol–water partition coefficient (Wildman–Crippen LogP) is 3.59. The van der Waals surface area contributed by atoms with E-state index in [0.29, 0.717) is 12.5 Å². The van der Waals surface area contributed by atoms with Crippen LogP contribution in [-0.4, -0.2) is 11.9 Å². The maximum absolute atomic E-state index is 5.64. The zero-order valence-corrected chi connectivity index (χ0v) is 10.2. The molecule has 16 heavy (non-hydrogen) atoms. The van der Waals surface area contributed by atoms with Gasteiger partial charge in [0.2, 0.25) is 5.90 Å². The normalized spacial score (nSPS) is 12.4. The van der Waals surface area contributed by atoms with Gasteiger partial charge in [-0.25, -0.2) is 4.99 Å². The van der Waals surface area contributed by atoms with E-state index in [0.717, 1.165) is 5.56 Å². The third-order valence-electron chi connectivity index (χ3n) is 1.92. The summed E-state index contributed by atoms with van der Waals surface area (Å²) in [6.45, 7) is 6.60. The lowest BCUT2D eigenvalue weighted by Crippen LogP contribution is -2.05. The van der Waals surface area contributed by atoms with Crippen molar-refractivity contribution in [1.82, 2.24) is 0 Å². The molecular formula is C14H19NO. The molecule has 0 radical (unpaired) electrons. The third kappa shape index (κ3) is 4.78. The fourth-order valence-corrected chi connectivity index (χ4v) is 1.26. The highest BCUT2D eigenvalue weighted by atomic mass is 16.5. The molecular weight excluding hydrogens is 198 g/mol. The Hall–Kier alpha value is -1.57. The van der Waals surface area contributed by atoms with Gasteiger partial charge < -0.3 is 4.74 Å². The number of rotatable bonds is 4. The van der Waals surface area contributed by atoms with Crippen LogP contribution in [0.5, 0.6) is 0 Å². The van der Waals surface area contributed by atoms with E-state index in [4.69, 9.17) is 4.74 Å². The fraction of sp³-hybridized carbons (Fsp3) is 0.357. The SMILES string of the molecule is C/C=C\C(=NC(C)C)OCc1ccccc1. The van der Waals surface area contributed by atoms with Crippen molar-refractivity contribution in [2.45, 2.75) is 33.4 Å². The van der Waals surface area contributed by atoms with Crippen LogP contribution in [0.1, 0.15) is 26.3 Å². The Kier molecular flexibility index (Phi) is 5.34. The average molecular weight is 217 g/mol. The Morgan fingerprint density at radius 3 is 2.56 bits per heavy atom. The highest BCUT2D eigenvalue weighted by molar-refractivity contribution is 5.87. The van der Waals surface area contributed by atoms with Crippen LogP contribution in [-0.2, 0) is 11.3 Å². The minimum absolute atomic E-state index is 0.252. The van der Waals surface area contributed by atoms with Gasteiger partial charge in [0, 0.05) is 6.04 Å². The van der Waals surface area contributed by atoms with Crippen molar-refractivity contribution in [2.24, 2.45) is 4.99 Å². The first-order valence-corrected chi connectivity index (χ1v) is 5.59. The van der Waals surface area contributed by atoms with Crippen LogP contribution in [0.3, 0.4) is 0 Å². The van der Waals surface area contributed by atoms with Gasteiger partial charge in [0.05, 0.1) is 0 Å². The molecule has 0 fully saturated rings. The molecule has 0 spiro atoms. The van der Waals surface area contributed by atoms with Gasteiger partial charge in [0.25, 0.3) is 0 Å². The number of aliphatic imine (C=N–C) groups is 1. The topological polar surface area (TPSA) is 21.6 Å². The number of ether oxygens (including phenoxy) is 1. The molecule has 0 heterocycles. The molecule has 0 unspecified atom stereocenters. The van der Waals surface area contributed by atoms with Crippen LogP contribution in [0, 0.1) is 0 Å². The van der Waals surface area contributed by atoms with Crippen LogP contribution < -0.4 is 0 Å². The van der Waals surface area contributed by atoms with Crippen LogP contribution in [0.2, 0.25) is 0 Å². The number of nitrogens with zero attached hydrogens (tertiary/aromatic N) is 1. The lowest BCUT2D eigenvalue weighted by molar-refractivity contribution is 0.293. The van der Waals surface area contributed by atoms with E-state index in [9.17, 15) is 0 Å². The summed E-state index contributed by atoms with van der Waals surface area (Å²) in [4.78, 5) is 4.39. The first-order chi connectivity index (χ1) is 7.72. The average Bonchev–Trinajstić information content (AvgIpc) is 2.27. The number of allylic oxidation sites excluding steroid dienone is 1. The molecule has 86 valence electrons. The minimum atomic E-state index is 0.252. The van der Waals surface area contributed by atoms with E-state index >= 15 is 0 Å². The van der Waals surface area contributed by atoms with Crippen LogP contribution in [0.15, 0.2) is 47.5 Å². The highest BCUT2D eigenvalue weighted by Gasteiger charge is 1.98. The Balaban J connectivity index is 2.57. The van der Waals surface area contributed by atoms with Crippen molar-refractivity contribution in [1.29, 1.82) is 0 Å². The molecule has 0 saturated heterocycles. The number of hydrogen-bond acceptors (Lipinski definition) is 2. The minimum Gasteiger partial charge on any atom is -0.473 e. The van der Waals surface area contributed by atoms with Crippen LogP contribution >= 0.6 is 0 Å². The largest absolute Gasteiger partial charge is 0.473 e. The standard InChI is InChI=1S/C14H19NO/c1-4-8-14(15-12(2)3)16-11-13-9-6-5-7-10-13/h4-10,12H,11H2,1-3H3/b8-4-,15-14?. The maximum atomic E-state index is 5.64. The van der Waals surface area contributed by atoms with E-state index < -0.39 is 0 Å². The Labute approximate surface area is 97.7 Å². The van der Waals surface area contributed by atoms with Gasteiger partial charge in [-0.3, -0.25) is 0 Å². The van der Waals surface area contributed by atoms with Gasteiger partial charge >= 0.3 is 0 Å². The van der Waals surface area contributed by atoms with Crippen LogP contribution in [0.4, 0.5) is 0 Å². The Bertz CT molecular complexity index is 352. The number of hydrogen-bond donors (Lipinski definition) is 0. The summed E-state index contributed by atoms with van der Waals surface area (Å²) in [6.07, 6.45) is 3.83. The van der Waals surface area contributed by atoms with Gasteiger partial charge in [0.15, 0.2) is 0 Å². The van der Waals surface area contributed by atoms with E-state index in [1.807, 2.05) is 63.3 Å². The van der Waals surface area contributed by atoms with Crippen molar-refractivity contribution in [3.63, 3.8) is 0 Å². The second kappa shape index (κ2) is 6.83. The Morgan fingerprint density at radius 1 is 1.31 bits per heavy atom. The molecule has 0 atom stereocenters. The summed E-state index contributed by atoms with van der Waals surface area (Å²) in [7, 11) is 0. The molecule has 0 aromatic heterocycles. The molecule has 0 amide bonds. The summed E-state index contributed by atoms with van der Waals surface area (Å²) >= 11 is 0. The zero-order valence-electron chi connectivity index (χ0n) is 10.2. The first kappa shape index (κ1) is 12.5. The molecule has 0 bridgehead atoms. The summed E-state index contributed by atoms with van der Waals surface area (Å²) < 4.78 is 5.64. The Morgan fingerprint density at radius 2 is 2.00 bits per heavy atom. The maximum Gasteiger partial charge on any atom is 0.208 e. The molecule has 0 N–H and O–H groups in total. The molecule has 1 aromatic carbocycles. The summed E-state index contributed by atoms with van der Waals surface area (Å²) in [5.41, 5.74) is 1.16. The van der Waals surface area contributed by atoms with Gasteiger partial charge in [-0.1, -0.05) is 36.4 Å². The molecule has 0 aliphatic rings. The summed E-state index contributed by atoms with van der Waals surface area (Å²) in [5, 5.41) is 0. The van der Waals surface area contributed by atoms with Gasteiger partial charge in [-0.05, 0) is 32.4 Å². The van der Waals surface area contributed by atoms with Gasteiger partial charge in [-0.2, -0.15) is 0 Å². The monoisotopic (exact) mass is 217 g/mol. The quantitative estimate of drug-likeness (QED) is 0.558. The second-order valence-corrected chi connectivity index (χ2v) is 3.84. The summed E-state index contributed by atoms with van der Waals surface area (Å²) in [6, 6.07) is 10.4. The molecule has 2 heteroatoms. The lowest BCUT2D eigenvalue weighted by atomic mass is 10.2. The van der Waals surface area contributed by atoms with Gasteiger partial charge in [0.1, 0.15) is 6.61 Å². The first-order valence-electron chi connectivity index (χ1n) is 5.59. The second-order valence-electron chi connectivity index (χ2n) is 3.84. The zero-order chi connectivity index (χ0) is 11.8. The number of benzene rings is 1. The molecule has 1 aromatic rings. The van der Waals surface area contributed by atoms with Crippen molar-refractivity contribution in [3.05, 3.63) is 48.0 Å². The van der Waals surface area contributed by atoms with Crippen molar-refractivity contribution >= 4 is 5.90 Å². The van der Waals surface area contributed by atoms with E-state index in [-0.39, 0.29) is 6.04 Å². The van der Waals surface area contributed by atoms with Crippen molar-refractivity contribution in [3.8, 4) is 0 Å².